The smallest absolute Gasteiger partial charge is 0.148 e. The van der Waals surface area contributed by atoms with Gasteiger partial charge in [-0.05, 0) is 12.8 Å². The lowest BCUT2D eigenvalue weighted by molar-refractivity contribution is -0.118. The molecule has 0 radical (unpaired) electrons. The average Bonchev–Trinajstić information content (AvgIpc) is 1.98. The normalized spacial score (nSPS) is 13.0. The highest BCUT2D eigenvalue weighted by Crippen LogP contribution is 1.98. The molecule has 1 unspecified atom stereocenters. The standard InChI is InChI=1S/C8H16O2/c1-3-5-8(7-9)10-6-4-2/h7-8H,3-6H2,1-2H3. The highest BCUT2D eigenvalue weighted by molar-refractivity contribution is 5.55. The maximum Gasteiger partial charge on any atom is 0.148 e. The third-order valence-electron chi connectivity index (χ3n) is 1.26. The van der Waals surface area contributed by atoms with Gasteiger partial charge in [0.25, 0.3) is 0 Å². The van der Waals surface area contributed by atoms with Crippen LogP contribution in [0.15, 0.2) is 0 Å². The van der Waals surface area contributed by atoms with E-state index in [1.807, 2.05) is 13.8 Å². The summed E-state index contributed by atoms with van der Waals surface area (Å²) in [7, 11) is 0. The van der Waals surface area contributed by atoms with E-state index in [0.29, 0.717) is 6.61 Å². The fraction of sp³-hybridized carbons (Fsp3) is 0.875. The van der Waals surface area contributed by atoms with Gasteiger partial charge in [0.1, 0.15) is 12.4 Å². The second kappa shape index (κ2) is 6.75. The van der Waals surface area contributed by atoms with Crippen LogP contribution in [0.5, 0.6) is 0 Å². The third kappa shape index (κ3) is 4.50. The van der Waals surface area contributed by atoms with Gasteiger partial charge in [0.15, 0.2) is 0 Å². The molecule has 0 aromatic carbocycles. The Kier molecular flexibility index (Phi) is 6.50. The molecule has 1 atom stereocenters. The molecular formula is C8H16O2. The van der Waals surface area contributed by atoms with Crippen LogP contribution >= 0.6 is 0 Å². The van der Waals surface area contributed by atoms with Crippen molar-refractivity contribution >= 4 is 6.29 Å². The summed E-state index contributed by atoms with van der Waals surface area (Å²) in [6.07, 6.45) is 3.56. The Morgan fingerprint density at radius 1 is 1.40 bits per heavy atom. The van der Waals surface area contributed by atoms with E-state index < -0.39 is 0 Å². The molecule has 2 nitrogen and oxygen atoms in total. The van der Waals surface area contributed by atoms with Gasteiger partial charge < -0.3 is 9.53 Å². The molecule has 0 amide bonds. The maximum atomic E-state index is 10.3. The first-order valence-electron chi connectivity index (χ1n) is 3.92. The van der Waals surface area contributed by atoms with Crippen LogP contribution in [0.2, 0.25) is 0 Å². The van der Waals surface area contributed by atoms with Crippen molar-refractivity contribution in [3.8, 4) is 0 Å². The van der Waals surface area contributed by atoms with E-state index in [-0.39, 0.29) is 6.10 Å². The van der Waals surface area contributed by atoms with Crippen molar-refractivity contribution in [3.05, 3.63) is 0 Å². The van der Waals surface area contributed by atoms with Crippen LogP contribution < -0.4 is 0 Å². The zero-order valence-corrected chi connectivity index (χ0v) is 6.80. The van der Waals surface area contributed by atoms with Crippen molar-refractivity contribution in [2.75, 3.05) is 6.61 Å². The van der Waals surface area contributed by atoms with E-state index in [2.05, 4.69) is 0 Å². The Bertz CT molecular complexity index is 81.3. The molecule has 2 heteroatoms. The summed E-state index contributed by atoms with van der Waals surface area (Å²) in [5, 5.41) is 0. The zero-order chi connectivity index (χ0) is 7.82. The molecule has 60 valence electrons. The van der Waals surface area contributed by atoms with Gasteiger partial charge in [-0.25, -0.2) is 0 Å². The van der Waals surface area contributed by atoms with Gasteiger partial charge in [0, 0.05) is 6.61 Å². The topological polar surface area (TPSA) is 26.3 Å². The van der Waals surface area contributed by atoms with Gasteiger partial charge in [-0.1, -0.05) is 20.3 Å². The molecular weight excluding hydrogens is 128 g/mol. The van der Waals surface area contributed by atoms with E-state index >= 15 is 0 Å². The summed E-state index contributed by atoms with van der Waals surface area (Å²) in [6.45, 7) is 4.78. The minimum Gasteiger partial charge on any atom is -0.371 e. The molecule has 0 aromatic rings. The monoisotopic (exact) mass is 144 g/mol. The molecule has 0 aliphatic heterocycles. The zero-order valence-electron chi connectivity index (χ0n) is 6.80. The molecule has 0 spiro atoms. The van der Waals surface area contributed by atoms with Crippen molar-refractivity contribution in [3.63, 3.8) is 0 Å². The highest BCUT2D eigenvalue weighted by atomic mass is 16.5. The lowest BCUT2D eigenvalue weighted by atomic mass is 10.2. The lowest BCUT2D eigenvalue weighted by Crippen LogP contribution is -2.14. The molecule has 0 rings (SSSR count). The van der Waals surface area contributed by atoms with Crippen molar-refractivity contribution in [1.82, 2.24) is 0 Å². The van der Waals surface area contributed by atoms with Gasteiger partial charge in [-0.15, -0.1) is 0 Å². The van der Waals surface area contributed by atoms with Crippen LogP contribution in [0, 0.1) is 0 Å². The first kappa shape index (κ1) is 9.63. The van der Waals surface area contributed by atoms with Gasteiger partial charge in [0.05, 0.1) is 0 Å². The minimum absolute atomic E-state index is 0.162. The number of hydrogen-bond acceptors (Lipinski definition) is 2. The van der Waals surface area contributed by atoms with Gasteiger partial charge in [-0.2, -0.15) is 0 Å². The van der Waals surface area contributed by atoms with Crippen LogP contribution in [-0.2, 0) is 9.53 Å². The molecule has 0 aromatic heterocycles. The van der Waals surface area contributed by atoms with Crippen molar-refractivity contribution in [1.29, 1.82) is 0 Å². The van der Waals surface area contributed by atoms with Crippen LogP contribution in [-0.4, -0.2) is 19.0 Å². The fourth-order valence-electron chi connectivity index (χ4n) is 0.744. The van der Waals surface area contributed by atoms with Crippen molar-refractivity contribution < 1.29 is 9.53 Å². The van der Waals surface area contributed by atoms with E-state index in [9.17, 15) is 4.79 Å². The largest absolute Gasteiger partial charge is 0.371 e. The Balaban J connectivity index is 3.29. The van der Waals surface area contributed by atoms with Crippen LogP contribution in [0.1, 0.15) is 33.1 Å². The second-order valence-corrected chi connectivity index (χ2v) is 2.33. The first-order chi connectivity index (χ1) is 4.85. The predicted octanol–water partition coefficient (Wildman–Crippen LogP) is 1.78. The molecule has 0 N–H and O–H groups in total. The molecule has 0 fully saturated rings. The second-order valence-electron chi connectivity index (χ2n) is 2.33. The van der Waals surface area contributed by atoms with E-state index in [0.717, 1.165) is 25.5 Å². The van der Waals surface area contributed by atoms with Crippen molar-refractivity contribution in [2.24, 2.45) is 0 Å². The molecule has 0 saturated carbocycles. The van der Waals surface area contributed by atoms with Gasteiger partial charge >= 0.3 is 0 Å². The number of carbonyl (C=O) groups is 1. The van der Waals surface area contributed by atoms with Crippen LogP contribution in [0.3, 0.4) is 0 Å². The maximum absolute atomic E-state index is 10.3. The number of rotatable bonds is 6. The van der Waals surface area contributed by atoms with Crippen molar-refractivity contribution in [2.45, 2.75) is 39.2 Å². The number of hydrogen-bond donors (Lipinski definition) is 0. The molecule has 10 heavy (non-hydrogen) atoms. The lowest BCUT2D eigenvalue weighted by Gasteiger charge is -2.08. The molecule has 0 aliphatic rings. The van der Waals surface area contributed by atoms with Crippen LogP contribution in [0.4, 0.5) is 0 Å². The van der Waals surface area contributed by atoms with Gasteiger partial charge in [-0.3, -0.25) is 0 Å². The van der Waals surface area contributed by atoms with E-state index in [1.165, 1.54) is 0 Å². The summed E-state index contributed by atoms with van der Waals surface area (Å²) in [6, 6.07) is 0. The number of aldehydes is 1. The van der Waals surface area contributed by atoms with Crippen LogP contribution in [0.25, 0.3) is 0 Å². The summed E-state index contributed by atoms with van der Waals surface area (Å²) < 4.78 is 5.21. The summed E-state index contributed by atoms with van der Waals surface area (Å²) >= 11 is 0. The number of ether oxygens (including phenoxy) is 1. The highest BCUT2D eigenvalue weighted by Gasteiger charge is 2.03. The third-order valence-corrected chi connectivity index (χ3v) is 1.26. The predicted molar refractivity (Wildman–Crippen MR) is 41.0 cm³/mol. The Morgan fingerprint density at radius 2 is 2.10 bits per heavy atom. The average molecular weight is 144 g/mol. The Labute approximate surface area is 62.6 Å². The van der Waals surface area contributed by atoms with Gasteiger partial charge in [0.2, 0.25) is 0 Å². The SMILES string of the molecule is CCCOC(C=O)CCC. The Hall–Kier alpha value is -0.370. The molecule has 0 aliphatic carbocycles. The first-order valence-corrected chi connectivity index (χ1v) is 3.92. The number of carbonyl (C=O) groups excluding carboxylic acids is 1. The molecule has 0 heterocycles. The van der Waals surface area contributed by atoms with E-state index in [4.69, 9.17) is 4.74 Å². The minimum atomic E-state index is -0.162. The molecule has 0 saturated heterocycles. The quantitative estimate of drug-likeness (QED) is 0.531. The summed E-state index contributed by atoms with van der Waals surface area (Å²) in [4.78, 5) is 10.3. The summed E-state index contributed by atoms with van der Waals surface area (Å²) in [5.74, 6) is 0. The Morgan fingerprint density at radius 3 is 2.50 bits per heavy atom. The summed E-state index contributed by atoms with van der Waals surface area (Å²) in [5.41, 5.74) is 0. The molecule has 0 bridgehead atoms. The fourth-order valence-corrected chi connectivity index (χ4v) is 0.744. The van der Waals surface area contributed by atoms with E-state index in [1.54, 1.807) is 0 Å².